The fourth-order valence-corrected chi connectivity index (χ4v) is 1.89. The lowest BCUT2D eigenvalue weighted by Crippen LogP contribution is -2.34. The molecule has 0 aromatic heterocycles. The predicted octanol–water partition coefficient (Wildman–Crippen LogP) is 2.35. The molecule has 78 valence electrons. The Morgan fingerprint density at radius 3 is 2.46 bits per heavy atom. The second-order valence-corrected chi connectivity index (χ2v) is 4.50. The molecule has 2 nitrogen and oxygen atoms in total. The molecule has 1 rings (SSSR count). The maximum atomic E-state index is 9.87. The van der Waals surface area contributed by atoms with E-state index in [9.17, 15) is 5.11 Å². The molecule has 1 heterocycles. The first-order valence-corrected chi connectivity index (χ1v) is 5.44. The highest BCUT2D eigenvalue weighted by Gasteiger charge is 2.26. The topological polar surface area (TPSA) is 29.5 Å². The highest BCUT2D eigenvalue weighted by Crippen LogP contribution is 2.23. The molecule has 0 spiro atoms. The van der Waals surface area contributed by atoms with Gasteiger partial charge in [0.05, 0.1) is 18.3 Å². The number of hydrogen-bond acceptors (Lipinski definition) is 2. The van der Waals surface area contributed by atoms with Crippen LogP contribution < -0.4 is 0 Å². The van der Waals surface area contributed by atoms with Gasteiger partial charge in [0.2, 0.25) is 0 Å². The largest absolute Gasteiger partial charge is 0.390 e. The van der Waals surface area contributed by atoms with Crippen LogP contribution in [-0.4, -0.2) is 23.4 Å². The standard InChI is InChI=1S/C11H22O2/c1-8(2)11(12)10-7-5-4-6-9(3)13-10/h8-12H,4-7H2,1-3H3. The molecular weight excluding hydrogens is 164 g/mol. The van der Waals surface area contributed by atoms with Gasteiger partial charge in [-0.25, -0.2) is 0 Å². The number of aliphatic hydroxyl groups excluding tert-OH is 1. The first kappa shape index (κ1) is 11.0. The minimum Gasteiger partial charge on any atom is -0.390 e. The monoisotopic (exact) mass is 186 g/mol. The van der Waals surface area contributed by atoms with Gasteiger partial charge in [-0.1, -0.05) is 26.7 Å². The van der Waals surface area contributed by atoms with Crippen LogP contribution in [-0.2, 0) is 4.74 Å². The van der Waals surface area contributed by atoms with Crippen molar-refractivity contribution in [2.75, 3.05) is 0 Å². The van der Waals surface area contributed by atoms with Gasteiger partial charge in [-0.15, -0.1) is 0 Å². The lowest BCUT2D eigenvalue weighted by atomic mass is 9.98. The lowest BCUT2D eigenvalue weighted by Gasteiger charge is -2.26. The molecule has 13 heavy (non-hydrogen) atoms. The summed E-state index contributed by atoms with van der Waals surface area (Å²) in [5.41, 5.74) is 0. The Kier molecular flexibility index (Phi) is 4.20. The number of ether oxygens (including phenoxy) is 1. The Balaban J connectivity index is 2.47. The maximum Gasteiger partial charge on any atom is 0.0840 e. The SMILES string of the molecule is CC1CCCCC(C(O)C(C)C)O1. The molecule has 2 heteroatoms. The fourth-order valence-electron chi connectivity index (χ4n) is 1.89. The van der Waals surface area contributed by atoms with E-state index >= 15 is 0 Å². The van der Waals surface area contributed by atoms with Crippen LogP contribution in [0.5, 0.6) is 0 Å². The molecule has 0 radical (unpaired) electrons. The molecule has 0 amide bonds. The van der Waals surface area contributed by atoms with Crippen molar-refractivity contribution < 1.29 is 9.84 Å². The minimum absolute atomic E-state index is 0.0671. The number of rotatable bonds is 2. The van der Waals surface area contributed by atoms with E-state index in [4.69, 9.17) is 4.74 Å². The normalized spacial score (nSPS) is 33.0. The van der Waals surface area contributed by atoms with E-state index in [0.717, 1.165) is 12.8 Å². The molecule has 1 N–H and O–H groups in total. The van der Waals surface area contributed by atoms with E-state index in [0.29, 0.717) is 12.0 Å². The zero-order valence-electron chi connectivity index (χ0n) is 8.99. The average molecular weight is 186 g/mol. The van der Waals surface area contributed by atoms with Gasteiger partial charge in [-0.3, -0.25) is 0 Å². The first-order valence-electron chi connectivity index (χ1n) is 5.44. The van der Waals surface area contributed by atoms with Gasteiger partial charge in [0.1, 0.15) is 0 Å². The van der Waals surface area contributed by atoms with Crippen molar-refractivity contribution in [3.63, 3.8) is 0 Å². The molecule has 0 saturated carbocycles. The van der Waals surface area contributed by atoms with Gasteiger partial charge in [-0.2, -0.15) is 0 Å². The highest BCUT2D eigenvalue weighted by molar-refractivity contribution is 4.75. The summed E-state index contributed by atoms with van der Waals surface area (Å²) in [6, 6.07) is 0. The smallest absolute Gasteiger partial charge is 0.0840 e. The summed E-state index contributed by atoms with van der Waals surface area (Å²) in [6.07, 6.45) is 4.69. The van der Waals surface area contributed by atoms with Gasteiger partial charge >= 0.3 is 0 Å². The van der Waals surface area contributed by atoms with Crippen LogP contribution in [0.15, 0.2) is 0 Å². The van der Waals surface area contributed by atoms with Gasteiger partial charge in [-0.05, 0) is 25.7 Å². The Hall–Kier alpha value is -0.0800. The van der Waals surface area contributed by atoms with Crippen molar-refractivity contribution in [3.8, 4) is 0 Å². The lowest BCUT2D eigenvalue weighted by molar-refractivity contribution is -0.0823. The second-order valence-electron chi connectivity index (χ2n) is 4.50. The third-order valence-corrected chi connectivity index (χ3v) is 2.82. The third kappa shape index (κ3) is 3.28. The Morgan fingerprint density at radius 1 is 1.23 bits per heavy atom. The average Bonchev–Trinajstić information content (AvgIpc) is 2.28. The van der Waals surface area contributed by atoms with E-state index in [1.54, 1.807) is 0 Å². The fraction of sp³-hybridized carbons (Fsp3) is 1.00. The van der Waals surface area contributed by atoms with Crippen LogP contribution in [0.2, 0.25) is 0 Å². The van der Waals surface area contributed by atoms with Gasteiger partial charge in [0.25, 0.3) is 0 Å². The van der Waals surface area contributed by atoms with Crippen molar-refractivity contribution in [2.24, 2.45) is 5.92 Å². The van der Waals surface area contributed by atoms with E-state index in [1.165, 1.54) is 12.8 Å². The second kappa shape index (κ2) is 4.97. The summed E-state index contributed by atoms with van der Waals surface area (Å²) in [7, 11) is 0. The summed E-state index contributed by atoms with van der Waals surface area (Å²) in [4.78, 5) is 0. The zero-order chi connectivity index (χ0) is 9.84. The van der Waals surface area contributed by atoms with Crippen molar-refractivity contribution in [3.05, 3.63) is 0 Å². The van der Waals surface area contributed by atoms with Gasteiger partial charge in [0.15, 0.2) is 0 Å². The summed E-state index contributed by atoms with van der Waals surface area (Å²) in [5, 5.41) is 9.87. The Bertz CT molecular complexity index is 145. The van der Waals surface area contributed by atoms with E-state index in [-0.39, 0.29) is 12.2 Å². The molecule has 3 atom stereocenters. The number of hydrogen-bond donors (Lipinski definition) is 1. The van der Waals surface area contributed by atoms with Crippen LogP contribution in [0.4, 0.5) is 0 Å². The van der Waals surface area contributed by atoms with Crippen molar-refractivity contribution in [2.45, 2.75) is 64.8 Å². The molecule has 0 aromatic carbocycles. The Labute approximate surface area is 81.3 Å². The molecule has 1 aliphatic heterocycles. The van der Waals surface area contributed by atoms with Crippen molar-refractivity contribution in [1.82, 2.24) is 0 Å². The Morgan fingerprint density at radius 2 is 1.85 bits per heavy atom. The predicted molar refractivity (Wildman–Crippen MR) is 53.6 cm³/mol. The molecule has 0 aromatic rings. The van der Waals surface area contributed by atoms with Gasteiger partial charge in [0, 0.05) is 0 Å². The quantitative estimate of drug-likeness (QED) is 0.717. The number of aliphatic hydroxyl groups is 1. The molecule has 1 aliphatic rings. The van der Waals surface area contributed by atoms with Crippen molar-refractivity contribution in [1.29, 1.82) is 0 Å². The maximum absolute atomic E-state index is 9.87. The van der Waals surface area contributed by atoms with Crippen LogP contribution in [0.3, 0.4) is 0 Å². The van der Waals surface area contributed by atoms with E-state index < -0.39 is 0 Å². The summed E-state index contributed by atoms with van der Waals surface area (Å²) in [5.74, 6) is 0.301. The molecule has 0 aliphatic carbocycles. The van der Waals surface area contributed by atoms with Crippen molar-refractivity contribution >= 4 is 0 Å². The summed E-state index contributed by atoms with van der Waals surface area (Å²) < 4.78 is 5.78. The van der Waals surface area contributed by atoms with Gasteiger partial charge < -0.3 is 9.84 Å². The molecule has 1 fully saturated rings. The van der Waals surface area contributed by atoms with Crippen LogP contribution in [0.25, 0.3) is 0 Å². The highest BCUT2D eigenvalue weighted by atomic mass is 16.5. The zero-order valence-corrected chi connectivity index (χ0v) is 8.99. The first-order chi connectivity index (χ1) is 6.11. The molecular formula is C11H22O2. The van der Waals surface area contributed by atoms with Crippen LogP contribution in [0, 0.1) is 5.92 Å². The molecule has 3 unspecified atom stereocenters. The summed E-state index contributed by atoms with van der Waals surface area (Å²) in [6.45, 7) is 6.19. The minimum atomic E-state index is -0.291. The molecule has 1 saturated heterocycles. The van der Waals surface area contributed by atoms with Crippen LogP contribution >= 0.6 is 0 Å². The third-order valence-electron chi connectivity index (χ3n) is 2.82. The molecule has 0 bridgehead atoms. The summed E-state index contributed by atoms with van der Waals surface area (Å²) >= 11 is 0. The van der Waals surface area contributed by atoms with E-state index in [2.05, 4.69) is 6.92 Å². The van der Waals surface area contributed by atoms with Crippen LogP contribution in [0.1, 0.15) is 46.5 Å². The van der Waals surface area contributed by atoms with E-state index in [1.807, 2.05) is 13.8 Å².